The van der Waals surface area contributed by atoms with Crippen molar-refractivity contribution in [3.05, 3.63) is 38.5 Å². The third-order valence-electron chi connectivity index (χ3n) is 6.81. The maximum Gasteiger partial charge on any atom is 0.274 e. The Morgan fingerprint density at radius 3 is 2.61 bits per heavy atom. The number of thiazole rings is 1. The van der Waals surface area contributed by atoms with E-state index in [9.17, 15) is 19.2 Å². The molecule has 0 aromatic carbocycles. The molecule has 4 amide bonds. The Balaban J connectivity index is 1.49. The Bertz CT molecular complexity index is 1080. The van der Waals surface area contributed by atoms with Gasteiger partial charge in [-0.25, -0.2) is 4.98 Å². The first kappa shape index (κ1) is 26.2. The lowest BCUT2D eigenvalue weighted by atomic mass is 9.93. The number of carbonyl (C=O) groups excluding carboxylic acids is 4. The number of rotatable bonds is 8. The van der Waals surface area contributed by atoms with E-state index in [0.717, 1.165) is 35.8 Å². The van der Waals surface area contributed by atoms with Gasteiger partial charge in [-0.2, -0.15) is 0 Å². The van der Waals surface area contributed by atoms with Crippen molar-refractivity contribution in [1.29, 1.82) is 0 Å². The molecule has 36 heavy (non-hydrogen) atoms. The Morgan fingerprint density at radius 1 is 1.19 bits per heavy atom. The number of thiophene rings is 1. The van der Waals surface area contributed by atoms with Crippen LogP contribution in [-0.2, 0) is 20.8 Å². The van der Waals surface area contributed by atoms with E-state index in [4.69, 9.17) is 5.73 Å². The lowest BCUT2D eigenvalue weighted by molar-refractivity contribution is -0.664. The number of primary amides is 1. The molecule has 2 saturated heterocycles. The van der Waals surface area contributed by atoms with Crippen molar-refractivity contribution in [1.82, 2.24) is 20.5 Å². The zero-order valence-electron chi connectivity index (χ0n) is 20.3. The van der Waals surface area contributed by atoms with E-state index in [1.54, 1.807) is 5.38 Å². The van der Waals surface area contributed by atoms with E-state index in [1.165, 1.54) is 27.6 Å². The molecule has 2 fully saturated rings. The van der Waals surface area contributed by atoms with Crippen LogP contribution < -0.4 is 21.7 Å². The maximum absolute atomic E-state index is 13.5. The Kier molecular flexibility index (Phi) is 8.70. The summed E-state index contributed by atoms with van der Waals surface area (Å²) in [6.07, 6.45) is 2.75. The number of amides is 4. The number of nitrogens with one attached hydrogen (secondary N) is 2. The lowest BCUT2D eigenvalue weighted by Gasteiger charge is -2.39. The fraction of sp³-hybridized carbons (Fsp3) is 0.542. The highest BCUT2D eigenvalue weighted by Gasteiger charge is 2.39. The predicted octanol–water partition coefficient (Wildman–Crippen LogP) is -0.211. The van der Waals surface area contributed by atoms with Crippen LogP contribution in [-0.4, -0.2) is 71.3 Å². The molecule has 4 rings (SSSR count). The van der Waals surface area contributed by atoms with Crippen LogP contribution >= 0.6 is 22.7 Å². The van der Waals surface area contributed by atoms with Gasteiger partial charge in [0.2, 0.25) is 17.7 Å². The first-order valence-electron chi connectivity index (χ1n) is 12.3. The molecule has 3 atom stereocenters. The average molecular weight is 534 g/mol. The molecule has 2 aromatic heterocycles. The summed E-state index contributed by atoms with van der Waals surface area (Å²) >= 11 is 2.85. The second-order valence-electron chi connectivity index (χ2n) is 9.38. The molecule has 0 aliphatic carbocycles. The van der Waals surface area contributed by atoms with Crippen LogP contribution in [0.4, 0.5) is 0 Å². The molecule has 2 aromatic rings. The molecule has 2 aliphatic rings. The van der Waals surface area contributed by atoms with Gasteiger partial charge >= 0.3 is 0 Å². The normalized spacial score (nSPS) is 21.5. The summed E-state index contributed by atoms with van der Waals surface area (Å²) in [7, 11) is 0. The maximum atomic E-state index is 13.5. The predicted molar refractivity (Wildman–Crippen MR) is 136 cm³/mol. The van der Waals surface area contributed by atoms with Crippen LogP contribution in [0.25, 0.3) is 0 Å². The van der Waals surface area contributed by atoms with E-state index >= 15 is 0 Å². The van der Waals surface area contributed by atoms with Crippen molar-refractivity contribution in [3.63, 3.8) is 0 Å². The van der Waals surface area contributed by atoms with Gasteiger partial charge in [-0.1, -0.05) is 6.07 Å². The molecule has 12 heteroatoms. The standard InChI is InChI=1S/C24H32N6O4S2/c1-14-27-19(13-36-14)24(34)30-9-6-16(28-22(32)15-4-7-26-8-5-15)11-20(30)23(33)29-18(21(25)31)12-17-3-2-10-35-17/h2-3,10,13,15-16,18,20,26H,4-9,11-12H2,1H3,(H2,25,31)(H,28,32)(H,29,33)/p+1/t16-,18-,20-/m0/s1. The topological polar surface area (TPSA) is 151 Å². The molecule has 2 aliphatic heterocycles. The first-order valence-corrected chi connectivity index (χ1v) is 14.0. The van der Waals surface area contributed by atoms with Crippen LogP contribution in [0.5, 0.6) is 0 Å². The molecule has 0 unspecified atom stereocenters. The minimum Gasteiger partial charge on any atom is -0.368 e. The van der Waals surface area contributed by atoms with Gasteiger partial charge in [-0.15, -0.1) is 22.7 Å². The number of nitrogens with zero attached hydrogens (tertiary/aromatic N) is 2. The van der Waals surface area contributed by atoms with Crippen molar-refractivity contribution < 1.29 is 24.5 Å². The molecule has 10 nitrogen and oxygen atoms in total. The number of aromatic nitrogens is 1. The Morgan fingerprint density at radius 2 is 1.97 bits per heavy atom. The number of hydrogen-bond acceptors (Lipinski definition) is 7. The summed E-state index contributed by atoms with van der Waals surface area (Å²) in [6.45, 7) is 3.98. The third-order valence-corrected chi connectivity index (χ3v) is 8.48. The summed E-state index contributed by atoms with van der Waals surface area (Å²) in [5.74, 6) is -1.44. The SMILES string of the molecule is Cc1nc(C(=O)N2CC[C@H](NC(=O)C3CC[NH2+]CC3)C[C@H]2C(=O)N[C@@H](Cc2cccs2)C(N)=O)cs1. The number of nitrogens with two attached hydrogens (primary N) is 2. The van der Waals surface area contributed by atoms with Crippen LogP contribution in [0.1, 0.15) is 46.1 Å². The second kappa shape index (κ2) is 11.9. The second-order valence-corrected chi connectivity index (χ2v) is 11.5. The highest BCUT2D eigenvalue weighted by atomic mass is 32.1. The fourth-order valence-corrected chi connectivity index (χ4v) is 6.16. The van der Waals surface area contributed by atoms with Gasteiger partial charge in [-0.3, -0.25) is 19.2 Å². The van der Waals surface area contributed by atoms with Gasteiger partial charge < -0.3 is 26.6 Å². The Hall–Kier alpha value is -2.83. The zero-order valence-corrected chi connectivity index (χ0v) is 21.9. The number of quaternary nitrogens is 1. The van der Waals surface area contributed by atoms with Crippen molar-refractivity contribution in [2.75, 3.05) is 19.6 Å². The number of piperidine rings is 2. The average Bonchev–Trinajstić information content (AvgIpc) is 3.55. The quantitative estimate of drug-likeness (QED) is 0.370. The molecule has 0 bridgehead atoms. The van der Waals surface area contributed by atoms with Crippen molar-refractivity contribution >= 4 is 46.3 Å². The zero-order chi connectivity index (χ0) is 25.7. The van der Waals surface area contributed by atoms with Crippen molar-refractivity contribution in [2.24, 2.45) is 11.7 Å². The summed E-state index contributed by atoms with van der Waals surface area (Å²) in [6, 6.07) is 1.74. The third kappa shape index (κ3) is 6.48. The van der Waals surface area contributed by atoms with E-state index in [-0.39, 0.29) is 36.6 Å². The lowest BCUT2D eigenvalue weighted by Crippen LogP contribution is -2.86. The fourth-order valence-electron chi connectivity index (χ4n) is 4.83. The Labute approximate surface area is 218 Å². The molecule has 4 heterocycles. The van der Waals surface area contributed by atoms with E-state index in [0.29, 0.717) is 18.7 Å². The summed E-state index contributed by atoms with van der Waals surface area (Å²) < 4.78 is 0. The molecule has 0 radical (unpaired) electrons. The molecule has 0 spiro atoms. The smallest absolute Gasteiger partial charge is 0.274 e. The summed E-state index contributed by atoms with van der Waals surface area (Å²) in [4.78, 5) is 58.5. The van der Waals surface area contributed by atoms with Gasteiger partial charge in [0, 0.05) is 48.0 Å². The van der Waals surface area contributed by atoms with Gasteiger partial charge in [0.05, 0.1) is 18.1 Å². The van der Waals surface area contributed by atoms with E-state index in [2.05, 4.69) is 20.9 Å². The summed E-state index contributed by atoms with van der Waals surface area (Å²) in [5, 5.41) is 12.4. The largest absolute Gasteiger partial charge is 0.368 e. The van der Waals surface area contributed by atoms with Gasteiger partial charge in [0.25, 0.3) is 5.91 Å². The van der Waals surface area contributed by atoms with E-state index in [1.807, 2.05) is 24.4 Å². The number of hydrogen-bond donors (Lipinski definition) is 4. The van der Waals surface area contributed by atoms with Gasteiger partial charge in [0.1, 0.15) is 17.8 Å². The van der Waals surface area contributed by atoms with Crippen molar-refractivity contribution in [3.8, 4) is 0 Å². The number of carbonyl (C=O) groups is 4. The molecule has 0 saturated carbocycles. The van der Waals surface area contributed by atoms with Gasteiger partial charge in [0.15, 0.2) is 0 Å². The highest BCUT2D eigenvalue weighted by molar-refractivity contribution is 7.10. The molecular formula is C24H33N6O4S2+. The highest BCUT2D eigenvalue weighted by Crippen LogP contribution is 2.23. The number of aryl methyl sites for hydroxylation is 1. The first-order chi connectivity index (χ1) is 17.3. The van der Waals surface area contributed by atoms with Crippen LogP contribution in [0.3, 0.4) is 0 Å². The molecular weight excluding hydrogens is 500 g/mol. The molecule has 6 N–H and O–H groups in total. The minimum atomic E-state index is -0.900. The summed E-state index contributed by atoms with van der Waals surface area (Å²) in [5.41, 5.74) is 5.89. The van der Waals surface area contributed by atoms with Crippen LogP contribution in [0, 0.1) is 12.8 Å². The van der Waals surface area contributed by atoms with Crippen LogP contribution in [0.15, 0.2) is 22.9 Å². The van der Waals surface area contributed by atoms with E-state index < -0.39 is 23.9 Å². The molecule has 194 valence electrons. The monoisotopic (exact) mass is 533 g/mol. The van der Waals surface area contributed by atoms with Crippen LogP contribution in [0.2, 0.25) is 0 Å². The minimum absolute atomic E-state index is 0.00914. The van der Waals surface area contributed by atoms with Gasteiger partial charge in [-0.05, 0) is 31.2 Å². The number of likely N-dealkylation sites (tertiary alicyclic amines) is 1. The van der Waals surface area contributed by atoms with Crippen molar-refractivity contribution in [2.45, 2.75) is 57.2 Å².